The molecular formula is C18H30N2O5S. The molecule has 0 unspecified atom stereocenters. The number of carbonyl (C=O) groups is 1. The van der Waals surface area contributed by atoms with E-state index >= 15 is 0 Å². The lowest BCUT2D eigenvalue weighted by Gasteiger charge is -2.06. The predicted octanol–water partition coefficient (Wildman–Crippen LogP) is 2.29. The van der Waals surface area contributed by atoms with Crippen LogP contribution in [0.5, 0.6) is 5.75 Å². The smallest absolute Gasteiger partial charge is 0.257 e. The molecule has 3 N–H and O–H groups in total. The van der Waals surface area contributed by atoms with E-state index in [1.54, 1.807) is 36.9 Å². The van der Waals surface area contributed by atoms with Crippen molar-refractivity contribution >= 4 is 15.7 Å². The van der Waals surface area contributed by atoms with Crippen LogP contribution in [0.3, 0.4) is 0 Å². The Morgan fingerprint density at radius 3 is 2.15 bits per heavy atom. The van der Waals surface area contributed by atoms with Crippen LogP contribution in [0, 0.1) is 0 Å². The Kier molecular flexibility index (Phi) is 10.9. The highest BCUT2D eigenvalue weighted by Gasteiger charge is 2.13. The Hall–Kier alpha value is -1.64. The van der Waals surface area contributed by atoms with Crippen LogP contribution in [0.1, 0.15) is 44.9 Å². The second-order valence-corrected chi connectivity index (χ2v) is 8.29. The molecule has 0 saturated heterocycles. The van der Waals surface area contributed by atoms with Gasteiger partial charge in [-0.15, -0.1) is 0 Å². The minimum atomic E-state index is -3.22. The van der Waals surface area contributed by atoms with Crippen LogP contribution in [0.2, 0.25) is 0 Å². The number of rotatable bonds is 14. The van der Waals surface area contributed by atoms with E-state index in [-0.39, 0.29) is 12.3 Å². The molecule has 0 radical (unpaired) electrons. The minimum absolute atomic E-state index is 0.124. The number of ether oxygens (including phenoxy) is 1. The summed E-state index contributed by atoms with van der Waals surface area (Å²) < 4.78 is 29.5. The van der Waals surface area contributed by atoms with Gasteiger partial charge in [0.05, 0.1) is 24.3 Å². The standard InChI is InChI=1S/C18H30N2O5S/c1-25-16-9-11-17(12-10-16)26(23,24)14-8-6-4-2-3-5-7-13-19-15-18(21)20-22/h9-12,19,22H,2-8,13-15H2,1H3,(H,20,21). The first-order valence-corrected chi connectivity index (χ1v) is 10.7. The van der Waals surface area contributed by atoms with Crippen LogP contribution in [0.15, 0.2) is 29.2 Å². The number of hydrogen-bond donors (Lipinski definition) is 3. The fourth-order valence-corrected chi connectivity index (χ4v) is 3.94. The highest BCUT2D eigenvalue weighted by molar-refractivity contribution is 7.91. The third-order valence-electron chi connectivity index (χ3n) is 4.10. The normalized spacial score (nSPS) is 11.3. The van der Waals surface area contributed by atoms with Crippen LogP contribution < -0.4 is 15.5 Å². The van der Waals surface area contributed by atoms with Crippen LogP contribution in [0.25, 0.3) is 0 Å². The van der Waals surface area contributed by atoms with Crippen molar-refractivity contribution in [3.05, 3.63) is 24.3 Å². The largest absolute Gasteiger partial charge is 0.497 e. The van der Waals surface area contributed by atoms with Crippen molar-refractivity contribution < 1.29 is 23.2 Å². The van der Waals surface area contributed by atoms with Gasteiger partial charge < -0.3 is 10.1 Å². The Labute approximate surface area is 156 Å². The molecule has 1 rings (SSSR count). The molecule has 0 aliphatic carbocycles. The molecule has 0 saturated carbocycles. The summed E-state index contributed by atoms with van der Waals surface area (Å²) in [5.41, 5.74) is 1.57. The van der Waals surface area contributed by atoms with Gasteiger partial charge in [0.25, 0.3) is 5.91 Å². The first kappa shape index (κ1) is 22.4. The van der Waals surface area contributed by atoms with E-state index < -0.39 is 15.7 Å². The summed E-state index contributed by atoms with van der Waals surface area (Å²) in [6.07, 6.45) is 6.83. The second-order valence-electron chi connectivity index (χ2n) is 6.18. The van der Waals surface area contributed by atoms with Gasteiger partial charge in [-0.1, -0.05) is 32.1 Å². The Morgan fingerprint density at radius 1 is 1.00 bits per heavy atom. The maximum atomic E-state index is 12.2. The molecular weight excluding hydrogens is 356 g/mol. The Bertz CT molecular complexity index is 617. The van der Waals surface area contributed by atoms with Crippen LogP contribution in [0.4, 0.5) is 0 Å². The van der Waals surface area contributed by atoms with Gasteiger partial charge in [-0.05, 0) is 43.7 Å². The molecule has 1 aromatic rings. The van der Waals surface area contributed by atoms with E-state index in [0.717, 1.165) is 45.1 Å². The van der Waals surface area contributed by atoms with Crippen molar-refractivity contribution in [2.45, 2.75) is 49.8 Å². The zero-order chi connectivity index (χ0) is 19.3. The summed E-state index contributed by atoms with van der Waals surface area (Å²) in [5, 5.41) is 11.3. The highest BCUT2D eigenvalue weighted by Crippen LogP contribution is 2.18. The van der Waals surface area contributed by atoms with E-state index in [1.165, 1.54) is 0 Å². The maximum absolute atomic E-state index is 12.2. The van der Waals surface area contributed by atoms with E-state index in [1.807, 2.05) is 0 Å². The topological polar surface area (TPSA) is 105 Å². The third kappa shape index (κ3) is 9.17. The average molecular weight is 387 g/mol. The number of benzene rings is 1. The van der Waals surface area contributed by atoms with Gasteiger partial charge >= 0.3 is 0 Å². The number of hydrogen-bond acceptors (Lipinski definition) is 6. The molecule has 1 aromatic carbocycles. The minimum Gasteiger partial charge on any atom is -0.497 e. The quantitative estimate of drug-likeness (QED) is 0.257. The zero-order valence-corrected chi connectivity index (χ0v) is 16.2. The molecule has 0 atom stereocenters. The van der Waals surface area contributed by atoms with Crippen molar-refractivity contribution in [3.63, 3.8) is 0 Å². The number of hydroxylamine groups is 1. The molecule has 0 heterocycles. The van der Waals surface area contributed by atoms with Gasteiger partial charge in [-0.3, -0.25) is 10.0 Å². The van der Waals surface area contributed by atoms with Crippen molar-refractivity contribution in [1.29, 1.82) is 0 Å². The van der Waals surface area contributed by atoms with Crippen molar-refractivity contribution in [2.75, 3.05) is 26.0 Å². The maximum Gasteiger partial charge on any atom is 0.257 e. The first-order chi connectivity index (χ1) is 12.5. The summed E-state index contributed by atoms with van der Waals surface area (Å²) in [5.74, 6) is 0.390. The highest BCUT2D eigenvalue weighted by atomic mass is 32.2. The lowest BCUT2D eigenvalue weighted by molar-refractivity contribution is -0.128. The Balaban J connectivity index is 2.05. The molecule has 0 aliphatic rings. The van der Waals surface area contributed by atoms with Crippen LogP contribution >= 0.6 is 0 Å². The molecule has 1 amide bonds. The van der Waals surface area contributed by atoms with Gasteiger partial charge in [0.15, 0.2) is 9.84 Å². The van der Waals surface area contributed by atoms with Gasteiger partial charge in [-0.25, -0.2) is 13.9 Å². The van der Waals surface area contributed by atoms with Crippen molar-refractivity contribution in [3.8, 4) is 5.75 Å². The molecule has 8 heteroatoms. The molecule has 0 fully saturated rings. The molecule has 0 bridgehead atoms. The molecule has 0 aliphatic heterocycles. The SMILES string of the molecule is COc1ccc(S(=O)(=O)CCCCCCCCCNCC(=O)NO)cc1. The van der Waals surface area contributed by atoms with E-state index in [9.17, 15) is 13.2 Å². The number of unbranched alkanes of at least 4 members (excludes halogenated alkanes) is 6. The van der Waals surface area contributed by atoms with Crippen LogP contribution in [-0.2, 0) is 14.6 Å². The number of carbonyl (C=O) groups excluding carboxylic acids is 1. The molecule has 7 nitrogen and oxygen atoms in total. The predicted molar refractivity (Wildman–Crippen MR) is 100 cm³/mol. The zero-order valence-electron chi connectivity index (χ0n) is 15.4. The summed E-state index contributed by atoms with van der Waals surface area (Å²) in [7, 11) is -1.67. The van der Waals surface area contributed by atoms with E-state index in [4.69, 9.17) is 9.94 Å². The summed E-state index contributed by atoms with van der Waals surface area (Å²) in [4.78, 5) is 11.1. The average Bonchev–Trinajstić information content (AvgIpc) is 2.65. The lowest BCUT2D eigenvalue weighted by Crippen LogP contribution is -2.32. The number of sulfone groups is 1. The summed E-state index contributed by atoms with van der Waals surface area (Å²) >= 11 is 0. The third-order valence-corrected chi connectivity index (χ3v) is 5.91. The monoisotopic (exact) mass is 386 g/mol. The molecule has 26 heavy (non-hydrogen) atoms. The van der Waals surface area contributed by atoms with Gasteiger partial charge in [0.1, 0.15) is 5.75 Å². The number of nitrogens with one attached hydrogen (secondary N) is 2. The lowest BCUT2D eigenvalue weighted by atomic mass is 10.1. The number of methoxy groups -OCH3 is 1. The molecule has 148 valence electrons. The fourth-order valence-electron chi connectivity index (χ4n) is 2.57. The fraction of sp³-hybridized carbons (Fsp3) is 0.611. The van der Waals surface area contributed by atoms with Crippen molar-refractivity contribution in [2.24, 2.45) is 0 Å². The van der Waals surface area contributed by atoms with Gasteiger partial charge in [0.2, 0.25) is 0 Å². The molecule has 0 spiro atoms. The summed E-state index contributed by atoms with van der Waals surface area (Å²) in [6.45, 7) is 0.868. The summed E-state index contributed by atoms with van der Waals surface area (Å²) in [6, 6.07) is 6.51. The van der Waals surface area contributed by atoms with E-state index in [0.29, 0.717) is 17.1 Å². The molecule has 0 aromatic heterocycles. The Morgan fingerprint density at radius 2 is 1.58 bits per heavy atom. The van der Waals surface area contributed by atoms with Gasteiger partial charge in [0, 0.05) is 0 Å². The number of amides is 1. The van der Waals surface area contributed by atoms with E-state index in [2.05, 4.69) is 5.32 Å². The van der Waals surface area contributed by atoms with Crippen LogP contribution in [-0.4, -0.2) is 45.5 Å². The van der Waals surface area contributed by atoms with Gasteiger partial charge in [-0.2, -0.15) is 0 Å². The van der Waals surface area contributed by atoms with Crippen molar-refractivity contribution in [1.82, 2.24) is 10.8 Å². The first-order valence-electron chi connectivity index (χ1n) is 9.00. The second kappa shape index (κ2) is 12.7.